The largest absolute Gasteiger partial charge is 0.496 e. The molecular weight excluding hydrogens is 556 g/mol. The van der Waals surface area contributed by atoms with Gasteiger partial charge in [-0.3, -0.25) is 14.4 Å². The molecule has 0 spiro atoms. The Morgan fingerprint density at radius 2 is 1.86 bits per heavy atom. The Labute approximate surface area is 251 Å². The van der Waals surface area contributed by atoms with Crippen molar-refractivity contribution in [3.05, 3.63) is 53.3 Å². The lowest BCUT2D eigenvalue weighted by molar-refractivity contribution is -0.143. The predicted octanol–water partition coefficient (Wildman–Crippen LogP) is 4.28. The summed E-state index contributed by atoms with van der Waals surface area (Å²) in [7, 11) is 3.24. The van der Waals surface area contributed by atoms with Crippen molar-refractivity contribution in [2.24, 2.45) is 5.41 Å². The number of carbonyl (C=O) groups excluding carboxylic acids is 3. The number of fused-ring (bicyclic) bond motifs is 1. The van der Waals surface area contributed by atoms with Crippen LogP contribution in [0, 0.1) is 5.41 Å². The van der Waals surface area contributed by atoms with Crippen LogP contribution in [-0.4, -0.2) is 71.3 Å². The molecule has 0 unspecified atom stereocenters. The van der Waals surface area contributed by atoms with Gasteiger partial charge in [0, 0.05) is 40.7 Å². The molecule has 42 heavy (non-hydrogen) atoms. The highest BCUT2D eigenvalue weighted by Crippen LogP contribution is 2.32. The van der Waals surface area contributed by atoms with Gasteiger partial charge in [-0.05, 0) is 62.6 Å². The second kappa shape index (κ2) is 13.0. The number of Topliss-reactive ketones (excluding diaryl/α,β-unsaturated/α-hetero) is 1. The molecule has 224 valence electrons. The van der Waals surface area contributed by atoms with Crippen molar-refractivity contribution in [1.29, 1.82) is 0 Å². The molecule has 1 aliphatic heterocycles. The van der Waals surface area contributed by atoms with E-state index in [1.807, 2.05) is 39.0 Å². The van der Waals surface area contributed by atoms with E-state index in [0.717, 1.165) is 11.1 Å². The lowest BCUT2D eigenvalue weighted by Gasteiger charge is -2.36. The van der Waals surface area contributed by atoms with Crippen LogP contribution in [0.1, 0.15) is 46.1 Å². The van der Waals surface area contributed by atoms with Gasteiger partial charge in [0.05, 0.1) is 24.7 Å². The minimum atomic E-state index is -0.775. The summed E-state index contributed by atoms with van der Waals surface area (Å²) >= 11 is 6.03. The first kappa shape index (κ1) is 31.2. The number of likely N-dealkylation sites (tertiary alicyclic amines) is 1. The molecule has 3 aromatic rings. The predicted molar refractivity (Wildman–Crippen MR) is 164 cm³/mol. The van der Waals surface area contributed by atoms with E-state index in [1.54, 1.807) is 44.2 Å². The fourth-order valence-electron chi connectivity index (χ4n) is 5.11. The van der Waals surface area contributed by atoms with Crippen LogP contribution in [0.2, 0.25) is 5.02 Å². The second-order valence-electron chi connectivity index (χ2n) is 11.7. The first-order chi connectivity index (χ1) is 19.9. The first-order valence-corrected chi connectivity index (χ1v) is 14.5. The van der Waals surface area contributed by atoms with E-state index in [2.05, 4.69) is 25.9 Å². The monoisotopic (exact) mass is 594 g/mol. The van der Waals surface area contributed by atoms with Crippen LogP contribution >= 0.6 is 11.6 Å². The zero-order valence-corrected chi connectivity index (χ0v) is 25.7. The van der Waals surface area contributed by atoms with Gasteiger partial charge in [0.1, 0.15) is 23.9 Å². The van der Waals surface area contributed by atoms with Gasteiger partial charge in [-0.15, -0.1) is 0 Å². The third-order valence-corrected chi connectivity index (χ3v) is 7.89. The van der Waals surface area contributed by atoms with Crippen molar-refractivity contribution >= 4 is 51.6 Å². The Kier molecular flexibility index (Phi) is 9.68. The number of nitrogens with zero attached hydrogens (tertiary/aromatic N) is 3. The number of halogens is 1. The van der Waals surface area contributed by atoms with Gasteiger partial charge in [-0.25, -0.2) is 9.97 Å². The third-order valence-electron chi connectivity index (χ3n) is 7.64. The highest BCUT2D eigenvalue weighted by Gasteiger charge is 2.42. The molecule has 1 fully saturated rings. The molecule has 0 saturated carbocycles. The quantitative estimate of drug-likeness (QED) is 0.318. The number of anilines is 2. The molecule has 2 amide bonds. The normalized spacial score (nSPS) is 16.6. The summed E-state index contributed by atoms with van der Waals surface area (Å²) in [5.41, 5.74) is 1.59. The Balaban J connectivity index is 1.59. The molecule has 3 atom stereocenters. The number of methoxy groups -OCH3 is 1. The maximum Gasteiger partial charge on any atom is 0.246 e. The van der Waals surface area contributed by atoms with E-state index in [1.165, 1.54) is 6.33 Å². The number of ketones is 1. The SMILES string of the molecule is CN[C@@H](C)C(=O)N[C@H](C(=O)N1CCC[C@H]1C(=O)Cc1cc2c(Nc3ccc(Cl)cc3)ncnc2cc1OC)C(C)(C)C. The first-order valence-electron chi connectivity index (χ1n) is 14.1. The van der Waals surface area contributed by atoms with Gasteiger partial charge < -0.3 is 25.6 Å². The molecule has 1 aliphatic rings. The summed E-state index contributed by atoms with van der Waals surface area (Å²) in [4.78, 5) is 50.8. The van der Waals surface area contributed by atoms with Gasteiger partial charge in [-0.2, -0.15) is 0 Å². The summed E-state index contributed by atoms with van der Waals surface area (Å²) in [6, 6.07) is 9.09. The molecule has 10 nitrogen and oxygen atoms in total. The molecule has 0 bridgehead atoms. The van der Waals surface area contributed by atoms with E-state index < -0.39 is 23.5 Å². The number of carbonyl (C=O) groups is 3. The van der Waals surface area contributed by atoms with Crippen molar-refractivity contribution in [2.45, 2.75) is 65.1 Å². The van der Waals surface area contributed by atoms with Crippen LogP contribution in [0.4, 0.5) is 11.5 Å². The Morgan fingerprint density at radius 3 is 2.50 bits per heavy atom. The van der Waals surface area contributed by atoms with Gasteiger partial charge in [0.25, 0.3) is 0 Å². The van der Waals surface area contributed by atoms with Gasteiger partial charge >= 0.3 is 0 Å². The Bertz CT molecular complexity index is 1460. The summed E-state index contributed by atoms with van der Waals surface area (Å²) in [6.45, 7) is 7.91. The molecule has 0 aliphatic carbocycles. The molecule has 0 radical (unpaired) electrons. The van der Waals surface area contributed by atoms with Crippen molar-refractivity contribution < 1.29 is 19.1 Å². The average Bonchev–Trinajstić information content (AvgIpc) is 3.46. The standard InChI is InChI=1S/C31H39ClN6O4/c1-18(33-5)29(40)37-27(31(2,3)4)30(41)38-13-7-8-24(38)25(39)15-19-14-22-23(16-26(19)42-6)34-17-35-28(22)36-21-11-9-20(32)10-12-21/h9-12,14,16-18,24,27,33H,7-8,13,15H2,1-6H3,(H,37,40)(H,34,35,36)/t18-,24-,27+/m0/s1. The molecule has 4 rings (SSSR count). The fraction of sp³-hybridized carbons (Fsp3) is 0.452. The minimum absolute atomic E-state index is 0.0617. The summed E-state index contributed by atoms with van der Waals surface area (Å²) < 4.78 is 5.64. The Hall–Kier alpha value is -3.76. The number of nitrogens with one attached hydrogen (secondary N) is 3. The smallest absolute Gasteiger partial charge is 0.246 e. The topological polar surface area (TPSA) is 126 Å². The van der Waals surface area contributed by atoms with Crippen LogP contribution in [0.25, 0.3) is 10.9 Å². The molecule has 2 heterocycles. The van der Waals surface area contributed by atoms with Crippen LogP contribution in [-0.2, 0) is 20.8 Å². The number of ether oxygens (including phenoxy) is 1. The maximum absolute atomic E-state index is 13.8. The summed E-state index contributed by atoms with van der Waals surface area (Å²) in [5.74, 6) is 0.507. The molecule has 1 saturated heterocycles. The molecule has 11 heteroatoms. The highest BCUT2D eigenvalue weighted by atomic mass is 35.5. The molecular formula is C31H39ClN6O4. The summed E-state index contributed by atoms with van der Waals surface area (Å²) in [6.07, 6.45) is 2.79. The summed E-state index contributed by atoms with van der Waals surface area (Å²) in [5, 5.41) is 10.5. The number of hydrogen-bond acceptors (Lipinski definition) is 8. The van der Waals surface area contributed by atoms with E-state index in [0.29, 0.717) is 47.1 Å². The number of aromatic nitrogens is 2. The number of benzene rings is 2. The van der Waals surface area contributed by atoms with Crippen molar-refractivity contribution in [2.75, 3.05) is 26.0 Å². The number of likely N-dealkylation sites (N-methyl/N-ethyl adjacent to an activating group) is 1. The van der Waals surface area contributed by atoms with E-state index >= 15 is 0 Å². The van der Waals surface area contributed by atoms with E-state index in [-0.39, 0.29) is 24.0 Å². The second-order valence-corrected chi connectivity index (χ2v) is 12.1. The lowest BCUT2D eigenvalue weighted by Crippen LogP contribution is -2.58. The zero-order chi connectivity index (χ0) is 30.6. The molecule has 1 aromatic heterocycles. The van der Waals surface area contributed by atoms with Gasteiger partial charge in [-0.1, -0.05) is 32.4 Å². The van der Waals surface area contributed by atoms with Crippen LogP contribution < -0.4 is 20.7 Å². The number of rotatable bonds is 10. The third kappa shape index (κ3) is 6.99. The van der Waals surface area contributed by atoms with E-state index in [4.69, 9.17) is 16.3 Å². The average molecular weight is 595 g/mol. The highest BCUT2D eigenvalue weighted by molar-refractivity contribution is 6.30. The van der Waals surface area contributed by atoms with E-state index in [9.17, 15) is 14.4 Å². The van der Waals surface area contributed by atoms with Crippen molar-refractivity contribution in [3.8, 4) is 5.75 Å². The fourth-order valence-corrected chi connectivity index (χ4v) is 5.24. The van der Waals surface area contributed by atoms with Gasteiger partial charge in [0.2, 0.25) is 11.8 Å². The van der Waals surface area contributed by atoms with Crippen molar-refractivity contribution in [1.82, 2.24) is 25.5 Å². The molecule has 3 N–H and O–H groups in total. The molecule has 2 aromatic carbocycles. The van der Waals surface area contributed by atoms with Crippen LogP contribution in [0.3, 0.4) is 0 Å². The van der Waals surface area contributed by atoms with Crippen LogP contribution in [0.5, 0.6) is 5.75 Å². The van der Waals surface area contributed by atoms with Crippen molar-refractivity contribution in [3.63, 3.8) is 0 Å². The Morgan fingerprint density at radius 1 is 1.14 bits per heavy atom. The van der Waals surface area contributed by atoms with Crippen LogP contribution in [0.15, 0.2) is 42.7 Å². The van der Waals surface area contributed by atoms with Gasteiger partial charge in [0.15, 0.2) is 5.78 Å². The lowest BCUT2D eigenvalue weighted by atomic mass is 9.85. The number of amides is 2. The number of hydrogen-bond donors (Lipinski definition) is 3. The maximum atomic E-state index is 13.8. The zero-order valence-electron chi connectivity index (χ0n) is 25.0. The minimum Gasteiger partial charge on any atom is -0.496 e.